The van der Waals surface area contributed by atoms with Gasteiger partial charge in [-0.05, 0) is 0 Å². The van der Waals surface area contributed by atoms with Gasteiger partial charge in [-0.2, -0.15) is 0 Å². The molecule has 0 aromatic rings. The Labute approximate surface area is 44.8 Å². The number of hydrogen-bond acceptors (Lipinski definition) is 2. The zero-order valence-corrected chi connectivity index (χ0v) is 3.99. The van der Waals surface area contributed by atoms with Crippen LogP contribution >= 0.6 is 0 Å². The van der Waals surface area contributed by atoms with Crippen molar-refractivity contribution in [3.05, 3.63) is 0 Å². The van der Waals surface area contributed by atoms with Crippen molar-refractivity contribution in [1.82, 2.24) is 0 Å². The minimum atomic E-state index is 0. The van der Waals surface area contributed by atoms with Crippen LogP contribution in [0.25, 0.3) is 0 Å². The Morgan fingerprint density at radius 2 is 1.20 bits per heavy atom. The van der Waals surface area contributed by atoms with Crippen LogP contribution in [0.2, 0.25) is 0 Å². The maximum absolute atomic E-state index is 7.94. The van der Waals surface area contributed by atoms with Crippen molar-refractivity contribution in [3.8, 4) is 0 Å². The molecule has 5 heteroatoms. The Morgan fingerprint density at radius 3 is 1.20 bits per heavy atom. The topological polar surface area (TPSA) is 65.6 Å². The van der Waals surface area contributed by atoms with Crippen LogP contribution in [-0.2, 0) is 38.8 Å². The summed E-state index contributed by atoms with van der Waals surface area (Å²) in [6, 6.07) is 0. The molecule has 0 saturated carbocycles. The van der Waals surface area contributed by atoms with Crippen LogP contribution in [0.3, 0.4) is 0 Å². The molecule has 0 fully saturated rings. The first-order valence-corrected chi connectivity index (χ1v) is 1.09. The maximum atomic E-state index is 7.94. The molecule has 2 N–H and O–H groups in total. The summed E-state index contributed by atoms with van der Waals surface area (Å²) < 4.78 is 15.8. The van der Waals surface area contributed by atoms with E-state index >= 15 is 0 Å². The molecule has 0 aliphatic rings. The fraction of sp³-hybridized carbons (Fsp3) is 0. The van der Waals surface area contributed by atoms with Crippen LogP contribution in [0, 0.1) is 0 Å². The minimum absolute atomic E-state index is 0. The second-order valence-electron chi connectivity index (χ2n) is 0. The summed E-state index contributed by atoms with van der Waals surface area (Å²) >= 11 is 4.94. The van der Waals surface area contributed by atoms with Crippen molar-refractivity contribution in [2.45, 2.75) is 0 Å². The Morgan fingerprint density at radius 1 is 1.20 bits per heavy atom. The van der Waals surface area contributed by atoms with Crippen LogP contribution in [0.4, 0.5) is 0 Å². The number of hydrogen-bond donors (Lipinski definition) is 0. The van der Waals surface area contributed by atoms with Crippen LogP contribution in [0.5, 0.6) is 0 Å². The molecule has 0 amide bonds. The van der Waals surface area contributed by atoms with Gasteiger partial charge < -0.3 is 5.48 Å². The van der Waals surface area contributed by atoms with Crippen LogP contribution in [-0.4, -0.2) is 5.48 Å². The zero-order valence-electron chi connectivity index (χ0n) is 1.97. The summed E-state index contributed by atoms with van der Waals surface area (Å²) in [5.41, 5.74) is 0. The van der Waals surface area contributed by atoms with Gasteiger partial charge in [-0.15, -0.1) is 0 Å². The molecular weight excluding hydrogens is 166 g/mol. The molecule has 39 valence electrons. The molecule has 0 aliphatic heterocycles. The summed E-state index contributed by atoms with van der Waals surface area (Å²) in [6.07, 6.45) is 0. The van der Waals surface area contributed by atoms with Crippen LogP contribution < -0.4 is 0 Å². The van der Waals surface area contributed by atoms with Crippen LogP contribution in [0.1, 0.15) is 0 Å². The van der Waals surface area contributed by atoms with Gasteiger partial charge >= 0.3 is 38.8 Å². The molecule has 0 rings (SSSR count). The van der Waals surface area contributed by atoms with Gasteiger partial charge in [0, 0.05) is 0 Å². The summed E-state index contributed by atoms with van der Waals surface area (Å²) in [4.78, 5) is 0. The molecule has 5 heavy (non-hydrogen) atoms. The average molecular weight is 168 g/mol. The van der Waals surface area contributed by atoms with Crippen molar-refractivity contribution >= 4 is 0 Å². The second-order valence-corrected chi connectivity index (χ2v) is 0. The Bertz CT molecular complexity index is 8.85. The SMILES string of the molecule is O.[O]=[Co].[O]=[Ni]. The van der Waals surface area contributed by atoms with Gasteiger partial charge in [-0.3, -0.25) is 0 Å². The van der Waals surface area contributed by atoms with Gasteiger partial charge in [-0.25, -0.2) is 0 Å². The van der Waals surface area contributed by atoms with Crippen molar-refractivity contribution in [2.75, 3.05) is 0 Å². The molecule has 0 aromatic heterocycles. The first-order chi connectivity index (χ1) is 2.00. The molecular formula is H2CoNiO3. The van der Waals surface area contributed by atoms with Crippen LogP contribution in [0.15, 0.2) is 0 Å². The fourth-order valence-corrected chi connectivity index (χ4v) is 0. The van der Waals surface area contributed by atoms with Crippen molar-refractivity contribution in [2.24, 2.45) is 0 Å². The van der Waals surface area contributed by atoms with Crippen molar-refractivity contribution in [3.63, 3.8) is 0 Å². The average Bonchev–Trinajstić information content (AvgIpc) is 1.50. The first kappa shape index (κ1) is 17.6. The quantitative estimate of drug-likeness (QED) is 0.432. The van der Waals surface area contributed by atoms with E-state index in [2.05, 4.69) is 31.1 Å². The van der Waals surface area contributed by atoms with E-state index in [1.165, 1.54) is 0 Å². The molecule has 0 bridgehead atoms. The molecule has 0 radical (unpaired) electrons. The normalized spacial score (nSPS) is 2.20. The molecule has 0 spiro atoms. The van der Waals surface area contributed by atoms with Gasteiger partial charge in [0.1, 0.15) is 0 Å². The molecule has 3 nitrogen and oxygen atoms in total. The van der Waals surface area contributed by atoms with E-state index in [1.807, 2.05) is 0 Å². The summed E-state index contributed by atoms with van der Waals surface area (Å²) in [5, 5.41) is 0. The van der Waals surface area contributed by atoms with E-state index < -0.39 is 0 Å². The predicted octanol–water partition coefficient (Wildman–Crippen LogP) is -1.07. The van der Waals surface area contributed by atoms with Crippen molar-refractivity contribution in [1.29, 1.82) is 0 Å². The van der Waals surface area contributed by atoms with E-state index in [4.69, 9.17) is 7.76 Å². The Hall–Kier alpha value is 0.560. The summed E-state index contributed by atoms with van der Waals surface area (Å²) in [6.45, 7) is 0. The Kier molecular flexibility index (Phi) is 650. The predicted molar refractivity (Wildman–Crippen MR) is 4.99 cm³/mol. The standard InChI is InChI=1S/Co.Ni.H2O.2O/h;;1H2;;. The van der Waals surface area contributed by atoms with E-state index in [9.17, 15) is 0 Å². The molecule has 0 saturated heterocycles. The third-order valence-corrected chi connectivity index (χ3v) is 0. The van der Waals surface area contributed by atoms with Gasteiger partial charge in [-0.1, -0.05) is 0 Å². The van der Waals surface area contributed by atoms with E-state index in [0.717, 1.165) is 0 Å². The Balaban J connectivity index is -0.0000000133. The van der Waals surface area contributed by atoms with E-state index in [1.54, 1.807) is 0 Å². The van der Waals surface area contributed by atoms with E-state index in [0.29, 0.717) is 0 Å². The summed E-state index contributed by atoms with van der Waals surface area (Å²) in [7, 11) is 0. The van der Waals surface area contributed by atoms with Gasteiger partial charge in [0.2, 0.25) is 0 Å². The first-order valence-electron chi connectivity index (χ1n) is 0.265. The third-order valence-electron chi connectivity index (χ3n) is 0. The van der Waals surface area contributed by atoms with E-state index in [-0.39, 0.29) is 5.48 Å². The monoisotopic (exact) mass is 167 g/mol. The number of rotatable bonds is 0. The van der Waals surface area contributed by atoms with Gasteiger partial charge in [0.05, 0.1) is 0 Å². The molecule has 0 unspecified atom stereocenters. The van der Waals surface area contributed by atoms with Gasteiger partial charge in [0.25, 0.3) is 0 Å². The molecule has 0 heterocycles. The zero-order chi connectivity index (χ0) is 4.00. The third kappa shape index (κ3) is 95.3. The molecule has 0 aliphatic carbocycles. The fourth-order valence-electron chi connectivity index (χ4n) is 0. The second kappa shape index (κ2) is 184. The summed E-state index contributed by atoms with van der Waals surface area (Å²) in [5.74, 6) is 0. The van der Waals surface area contributed by atoms with Gasteiger partial charge in [0.15, 0.2) is 0 Å². The van der Waals surface area contributed by atoms with Crippen molar-refractivity contribution < 1.29 is 44.3 Å². The molecule has 0 aromatic carbocycles. The molecule has 0 atom stereocenters.